The Morgan fingerprint density at radius 1 is 0.500 bits per heavy atom. The average molecular weight is 266 g/mol. The van der Waals surface area contributed by atoms with Gasteiger partial charge in [-0.3, -0.25) is 0 Å². The molecule has 8 heteroatoms. The van der Waals surface area contributed by atoms with Crippen LogP contribution in [0.4, 0.5) is 0 Å². The van der Waals surface area contributed by atoms with Crippen LogP contribution in [0.15, 0.2) is 0 Å². The fraction of sp³-hybridized carbons (Fsp3) is 1.00. The summed E-state index contributed by atoms with van der Waals surface area (Å²) in [5.41, 5.74) is 13.7. The van der Waals surface area contributed by atoms with Gasteiger partial charge in [0.25, 0.3) is 0 Å². The highest BCUT2D eigenvalue weighted by molar-refractivity contribution is 8.78. The molecule has 4 unspecified atom stereocenters. The molecule has 0 aromatic carbocycles. The number of hydrogen-bond acceptors (Lipinski definition) is 8. The topological polar surface area (TPSA) is 48.1 Å². The van der Waals surface area contributed by atoms with Crippen molar-refractivity contribution in [3.8, 4) is 0 Å². The van der Waals surface area contributed by atoms with E-state index in [4.69, 9.17) is 0 Å². The molecule has 4 aliphatic rings. The minimum atomic E-state index is 0.572. The first-order valence-electron chi connectivity index (χ1n) is 4.60. The molecule has 4 saturated heterocycles. The lowest BCUT2D eigenvalue weighted by atomic mass is 9.88. The summed E-state index contributed by atoms with van der Waals surface area (Å²) in [5, 5.41) is 2.29. The molecule has 14 heavy (non-hydrogen) atoms. The molecule has 4 rings (SSSR count). The van der Waals surface area contributed by atoms with E-state index in [1.54, 1.807) is 0 Å². The molecule has 4 nitrogen and oxygen atoms in total. The molecule has 0 saturated carbocycles. The third kappa shape index (κ3) is 1.17. The summed E-state index contributed by atoms with van der Waals surface area (Å²) >= 11 is 0. The normalized spacial score (nSPS) is 60.0. The van der Waals surface area contributed by atoms with Crippen molar-refractivity contribution in [3.05, 3.63) is 0 Å². The molecule has 4 aliphatic heterocycles. The van der Waals surface area contributed by atoms with Gasteiger partial charge in [0.1, 0.15) is 0 Å². The minimum Gasteiger partial charge on any atom is -0.242 e. The van der Waals surface area contributed by atoms with Crippen molar-refractivity contribution in [3.63, 3.8) is 0 Å². The zero-order chi connectivity index (χ0) is 9.12. The summed E-state index contributed by atoms with van der Waals surface area (Å²) in [5.74, 6) is 1.51. The quantitative estimate of drug-likeness (QED) is 0.474. The fourth-order valence-corrected chi connectivity index (χ4v) is 8.99. The summed E-state index contributed by atoms with van der Waals surface area (Å²) in [6, 6.07) is 0. The van der Waals surface area contributed by atoms with Crippen LogP contribution in [0, 0.1) is 11.8 Å². The number of nitrogens with one attached hydrogen (secondary N) is 4. The van der Waals surface area contributed by atoms with Crippen molar-refractivity contribution < 1.29 is 0 Å². The first kappa shape index (κ1) is 9.29. The summed E-state index contributed by atoms with van der Waals surface area (Å²) in [7, 11) is 7.83. The number of rotatable bonds is 0. The molecule has 0 aromatic rings. The van der Waals surface area contributed by atoms with Crippen LogP contribution in [0.5, 0.6) is 0 Å². The molecule has 0 bridgehead atoms. The molecule has 4 fully saturated rings. The standard InChI is InChI=1S/C6H10N4S4/c7-3-1-2-5(9-7)13-14-6(2)10-8-4(1)12-11-3/h1-10H. The van der Waals surface area contributed by atoms with Crippen molar-refractivity contribution in [2.75, 3.05) is 0 Å². The maximum Gasteiger partial charge on any atom is 0.0826 e. The van der Waals surface area contributed by atoms with Crippen molar-refractivity contribution in [2.45, 2.75) is 21.5 Å². The summed E-state index contributed by atoms with van der Waals surface area (Å²) in [6.07, 6.45) is 0. The maximum absolute atomic E-state index is 3.43. The van der Waals surface area contributed by atoms with Crippen LogP contribution in [-0.2, 0) is 0 Å². The third-order valence-corrected chi connectivity index (χ3v) is 9.04. The fourth-order valence-electron chi connectivity index (χ4n) is 2.43. The van der Waals surface area contributed by atoms with Crippen molar-refractivity contribution in [1.82, 2.24) is 21.7 Å². The summed E-state index contributed by atoms with van der Waals surface area (Å²) in [6.45, 7) is 0. The smallest absolute Gasteiger partial charge is 0.0826 e. The first-order valence-corrected chi connectivity index (χ1v) is 9.15. The van der Waals surface area contributed by atoms with Crippen molar-refractivity contribution in [2.24, 2.45) is 11.8 Å². The van der Waals surface area contributed by atoms with E-state index in [2.05, 4.69) is 21.7 Å². The zero-order valence-electron chi connectivity index (χ0n) is 7.10. The molecular weight excluding hydrogens is 256 g/mol. The lowest BCUT2D eigenvalue weighted by Gasteiger charge is -2.43. The Bertz CT molecular complexity index is 216. The molecule has 78 valence electrons. The van der Waals surface area contributed by atoms with Crippen LogP contribution in [0.25, 0.3) is 0 Å². The Morgan fingerprint density at radius 2 is 0.786 bits per heavy atom. The Morgan fingerprint density at radius 3 is 1.07 bits per heavy atom. The number of hydrazine groups is 2. The SMILES string of the molecule is N1NC2SSC3NNC4SSC1C4C23. The molecule has 4 N–H and O–H groups in total. The van der Waals surface area contributed by atoms with Gasteiger partial charge in [0.05, 0.1) is 21.5 Å². The third-order valence-electron chi connectivity index (χ3n) is 3.10. The minimum absolute atomic E-state index is 0.572. The van der Waals surface area contributed by atoms with Crippen LogP contribution in [0.3, 0.4) is 0 Å². The van der Waals surface area contributed by atoms with Gasteiger partial charge >= 0.3 is 0 Å². The van der Waals surface area contributed by atoms with E-state index >= 15 is 0 Å². The van der Waals surface area contributed by atoms with E-state index in [9.17, 15) is 0 Å². The second kappa shape index (κ2) is 3.36. The molecule has 0 aliphatic carbocycles. The molecule has 0 spiro atoms. The summed E-state index contributed by atoms with van der Waals surface area (Å²) in [4.78, 5) is 0. The Hall–Kier alpha value is 1.24. The van der Waals surface area contributed by atoms with Gasteiger partial charge in [0, 0.05) is 11.8 Å². The Labute approximate surface area is 98.0 Å². The van der Waals surface area contributed by atoms with Gasteiger partial charge in [-0.25, -0.2) is 21.7 Å². The van der Waals surface area contributed by atoms with Gasteiger partial charge < -0.3 is 0 Å². The molecule has 4 atom stereocenters. The van der Waals surface area contributed by atoms with Gasteiger partial charge in [-0.15, -0.1) is 0 Å². The molecule has 0 aromatic heterocycles. The van der Waals surface area contributed by atoms with Crippen LogP contribution in [0.1, 0.15) is 0 Å². The molecule has 4 heterocycles. The predicted octanol–water partition coefficient (Wildman–Crippen LogP) is 0.529. The molecule has 0 amide bonds. The van der Waals surface area contributed by atoms with Gasteiger partial charge in [0.2, 0.25) is 0 Å². The molecule has 0 radical (unpaired) electrons. The van der Waals surface area contributed by atoms with Crippen LogP contribution < -0.4 is 21.7 Å². The van der Waals surface area contributed by atoms with Crippen molar-refractivity contribution >= 4 is 43.2 Å². The summed E-state index contributed by atoms with van der Waals surface area (Å²) < 4.78 is 0. The van der Waals surface area contributed by atoms with E-state index in [-0.39, 0.29) is 0 Å². The lowest BCUT2D eigenvalue weighted by Crippen LogP contribution is -2.67. The van der Waals surface area contributed by atoms with Crippen LogP contribution >= 0.6 is 43.2 Å². The number of hydrogen-bond donors (Lipinski definition) is 4. The predicted molar refractivity (Wildman–Crippen MR) is 65.0 cm³/mol. The van der Waals surface area contributed by atoms with Crippen LogP contribution in [-0.4, -0.2) is 21.5 Å². The lowest BCUT2D eigenvalue weighted by molar-refractivity contribution is 0.128. The molecular formula is C6H10N4S4. The Kier molecular flexibility index (Phi) is 2.23. The highest BCUT2D eigenvalue weighted by Gasteiger charge is 2.56. The maximum atomic E-state index is 3.43. The van der Waals surface area contributed by atoms with E-state index in [0.717, 1.165) is 11.8 Å². The van der Waals surface area contributed by atoms with Gasteiger partial charge in [0.15, 0.2) is 0 Å². The van der Waals surface area contributed by atoms with Crippen molar-refractivity contribution in [1.29, 1.82) is 0 Å². The van der Waals surface area contributed by atoms with E-state index in [1.165, 1.54) is 0 Å². The van der Waals surface area contributed by atoms with Gasteiger partial charge in [-0.2, -0.15) is 0 Å². The average Bonchev–Trinajstić information content (AvgIpc) is 2.77. The second-order valence-corrected chi connectivity index (χ2v) is 8.91. The largest absolute Gasteiger partial charge is 0.242 e. The van der Waals surface area contributed by atoms with Gasteiger partial charge in [-0.05, 0) is 0 Å². The first-order chi connectivity index (χ1) is 6.93. The highest BCUT2D eigenvalue weighted by Crippen LogP contribution is 2.59. The van der Waals surface area contributed by atoms with E-state index < -0.39 is 0 Å². The zero-order valence-corrected chi connectivity index (χ0v) is 10.4. The van der Waals surface area contributed by atoms with Gasteiger partial charge in [-0.1, -0.05) is 43.2 Å². The highest BCUT2D eigenvalue weighted by atomic mass is 33.1. The monoisotopic (exact) mass is 266 g/mol. The van der Waals surface area contributed by atoms with E-state index in [1.807, 2.05) is 43.2 Å². The Balaban J connectivity index is 1.73. The van der Waals surface area contributed by atoms with E-state index in [0.29, 0.717) is 21.5 Å². The second-order valence-electron chi connectivity index (χ2n) is 3.80. The van der Waals surface area contributed by atoms with Crippen LogP contribution in [0.2, 0.25) is 0 Å².